The lowest BCUT2D eigenvalue weighted by Crippen LogP contribution is -2.49. The van der Waals surface area contributed by atoms with Crippen molar-refractivity contribution >= 4 is 0 Å². The lowest BCUT2D eigenvalue weighted by molar-refractivity contribution is 0.109. The third-order valence-corrected chi connectivity index (χ3v) is 3.80. The van der Waals surface area contributed by atoms with E-state index in [2.05, 4.69) is 53.4 Å². The van der Waals surface area contributed by atoms with Gasteiger partial charge in [-0.2, -0.15) is 0 Å². The summed E-state index contributed by atoms with van der Waals surface area (Å²) in [5.41, 5.74) is 2.08. The van der Waals surface area contributed by atoms with Crippen LogP contribution in [-0.4, -0.2) is 12.6 Å². The highest BCUT2D eigenvalue weighted by Gasteiger charge is 2.39. The molecular weight excluding hydrogens is 194 g/mol. The minimum atomic E-state index is 0.322. The number of rotatable bonds is 0. The fraction of sp³-hybridized carbons (Fsp3) is 0.867. The lowest BCUT2D eigenvalue weighted by Gasteiger charge is -2.43. The fourth-order valence-electron chi connectivity index (χ4n) is 2.79. The maximum Gasteiger partial charge on any atom is 0.0152 e. The van der Waals surface area contributed by atoms with Crippen molar-refractivity contribution < 1.29 is 0 Å². The zero-order chi connectivity index (χ0) is 12.6. The van der Waals surface area contributed by atoms with Gasteiger partial charge < -0.3 is 5.32 Å². The Kier molecular flexibility index (Phi) is 3.89. The van der Waals surface area contributed by atoms with Gasteiger partial charge in [0.1, 0.15) is 0 Å². The first-order chi connectivity index (χ1) is 7.12. The lowest BCUT2D eigenvalue weighted by atomic mass is 9.66. The van der Waals surface area contributed by atoms with Crippen molar-refractivity contribution in [2.45, 2.75) is 60.4 Å². The molecule has 1 fully saturated rings. The monoisotopic (exact) mass is 223 g/mol. The summed E-state index contributed by atoms with van der Waals surface area (Å²) in [6, 6.07) is 0.590. The van der Waals surface area contributed by atoms with E-state index < -0.39 is 0 Å². The molecule has 0 bridgehead atoms. The molecule has 0 aliphatic carbocycles. The molecule has 1 N–H and O–H groups in total. The molecule has 0 aromatic heterocycles. The summed E-state index contributed by atoms with van der Waals surface area (Å²) in [6.07, 6.45) is 2.32. The van der Waals surface area contributed by atoms with Crippen LogP contribution in [0.1, 0.15) is 54.4 Å². The van der Waals surface area contributed by atoms with Gasteiger partial charge >= 0.3 is 0 Å². The van der Waals surface area contributed by atoms with Crippen molar-refractivity contribution in [2.75, 3.05) is 6.54 Å². The Morgan fingerprint density at radius 2 is 1.62 bits per heavy atom. The van der Waals surface area contributed by atoms with Crippen molar-refractivity contribution in [1.82, 2.24) is 5.32 Å². The van der Waals surface area contributed by atoms with Crippen molar-refractivity contribution in [2.24, 2.45) is 16.7 Å². The molecule has 1 nitrogen and oxygen atoms in total. The molecule has 2 unspecified atom stereocenters. The second-order valence-corrected chi connectivity index (χ2v) is 7.47. The summed E-state index contributed by atoms with van der Waals surface area (Å²) in [5, 5.41) is 3.75. The quantitative estimate of drug-likeness (QED) is 0.612. The Bertz CT molecular complexity index is 252. The van der Waals surface area contributed by atoms with Gasteiger partial charge in [-0.1, -0.05) is 53.7 Å². The van der Waals surface area contributed by atoms with Gasteiger partial charge in [0.2, 0.25) is 0 Å². The van der Waals surface area contributed by atoms with E-state index in [9.17, 15) is 0 Å². The summed E-state index contributed by atoms with van der Waals surface area (Å²) >= 11 is 0. The highest BCUT2D eigenvalue weighted by molar-refractivity contribution is 5.06. The van der Waals surface area contributed by atoms with E-state index in [4.69, 9.17) is 0 Å². The summed E-state index contributed by atoms with van der Waals surface area (Å²) in [7, 11) is 0. The van der Waals surface area contributed by atoms with E-state index in [1.54, 1.807) is 0 Å². The Balaban J connectivity index is 2.98. The average molecular weight is 223 g/mol. The first-order valence-electron chi connectivity index (χ1n) is 6.52. The van der Waals surface area contributed by atoms with Crippen LogP contribution in [0.25, 0.3) is 0 Å². The molecule has 0 aromatic carbocycles. The molecule has 1 aliphatic rings. The van der Waals surface area contributed by atoms with Gasteiger partial charge in [-0.25, -0.2) is 0 Å². The molecule has 0 radical (unpaired) electrons. The van der Waals surface area contributed by atoms with E-state index in [-0.39, 0.29) is 0 Å². The first kappa shape index (κ1) is 13.8. The molecule has 16 heavy (non-hydrogen) atoms. The highest BCUT2D eigenvalue weighted by Crippen LogP contribution is 2.41. The van der Waals surface area contributed by atoms with E-state index in [1.807, 2.05) is 0 Å². The van der Waals surface area contributed by atoms with E-state index in [1.165, 1.54) is 12.0 Å². The molecule has 1 heteroatoms. The number of hydrogen-bond donors (Lipinski definition) is 1. The highest BCUT2D eigenvalue weighted by atomic mass is 14.9. The molecule has 0 spiro atoms. The maximum absolute atomic E-state index is 4.21. The van der Waals surface area contributed by atoms with E-state index in [0.717, 1.165) is 13.0 Å². The van der Waals surface area contributed by atoms with Gasteiger partial charge in [-0.15, -0.1) is 0 Å². The normalized spacial score (nSPS) is 29.0. The van der Waals surface area contributed by atoms with Crippen LogP contribution in [0.5, 0.6) is 0 Å². The minimum Gasteiger partial charge on any atom is -0.313 e. The van der Waals surface area contributed by atoms with Crippen LogP contribution in [0, 0.1) is 16.7 Å². The number of hydrogen-bond acceptors (Lipinski definition) is 1. The number of nitrogens with one attached hydrogen (secondary N) is 1. The third kappa shape index (κ3) is 3.35. The second-order valence-electron chi connectivity index (χ2n) is 7.47. The summed E-state index contributed by atoms with van der Waals surface area (Å²) < 4.78 is 0. The maximum atomic E-state index is 4.21. The van der Waals surface area contributed by atoms with Crippen LogP contribution in [0.2, 0.25) is 0 Å². The van der Waals surface area contributed by atoms with Crippen LogP contribution in [0.3, 0.4) is 0 Å². The van der Waals surface area contributed by atoms with Crippen molar-refractivity contribution in [3.8, 4) is 0 Å². The topological polar surface area (TPSA) is 12.0 Å². The van der Waals surface area contributed by atoms with Crippen molar-refractivity contribution in [1.29, 1.82) is 0 Å². The van der Waals surface area contributed by atoms with Gasteiger partial charge in [0.25, 0.3) is 0 Å². The van der Waals surface area contributed by atoms with Gasteiger partial charge in [0.05, 0.1) is 0 Å². The Morgan fingerprint density at radius 3 is 2.06 bits per heavy atom. The fourth-order valence-corrected chi connectivity index (χ4v) is 2.79. The third-order valence-electron chi connectivity index (χ3n) is 3.80. The molecule has 1 heterocycles. The van der Waals surface area contributed by atoms with E-state index >= 15 is 0 Å². The van der Waals surface area contributed by atoms with Gasteiger partial charge in [-0.3, -0.25) is 0 Å². The Hall–Kier alpha value is -0.300. The molecule has 2 atom stereocenters. The molecule has 0 aromatic rings. The predicted molar refractivity (Wildman–Crippen MR) is 72.6 cm³/mol. The Morgan fingerprint density at radius 1 is 1.06 bits per heavy atom. The molecular formula is C15H29N. The molecule has 0 saturated carbocycles. The second kappa shape index (κ2) is 4.52. The Labute approximate surface area is 102 Å². The van der Waals surface area contributed by atoms with Crippen LogP contribution in [0.15, 0.2) is 12.2 Å². The van der Waals surface area contributed by atoms with Crippen LogP contribution in [0.4, 0.5) is 0 Å². The molecule has 0 amide bonds. The van der Waals surface area contributed by atoms with Crippen molar-refractivity contribution in [3.05, 3.63) is 12.2 Å². The standard InChI is InChI=1S/C15H29N/c1-11-8-9-16-13(15(5,6)7)12(10-11)14(2,3)4/h12-13,16H,1,8-10H2,2-7H3. The largest absolute Gasteiger partial charge is 0.313 e. The predicted octanol–water partition coefficient (Wildman–Crippen LogP) is 4.00. The van der Waals surface area contributed by atoms with Crippen LogP contribution < -0.4 is 5.32 Å². The van der Waals surface area contributed by atoms with Gasteiger partial charge in [-0.05, 0) is 36.1 Å². The first-order valence-corrected chi connectivity index (χ1v) is 6.52. The summed E-state index contributed by atoms with van der Waals surface area (Å²) in [6.45, 7) is 19.4. The molecule has 1 saturated heterocycles. The van der Waals surface area contributed by atoms with Crippen molar-refractivity contribution in [3.63, 3.8) is 0 Å². The zero-order valence-corrected chi connectivity index (χ0v) is 12.0. The smallest absolute Gasteiger partial charge is 0.0152 e. The SMILES string of the molecule is C=C1CCNC(C(C)(C)C)C(C(C)(C)C)C1. The molecule has 94 valence electrons. The van der Waals surface area contributed by atoms with Crippen LogP contribution in [-0.2, 0) is 0 Å². The minimum absolute atomic E-state index is 0.322. The van der Waals surface area contributed by atoms with Gasteiger partial charge in [0.15, 0.2) is 0 Å². The average Bonchev–Trinajstić information content (AvgIpc) is 2.23. The zero-order valence-electron chi connectivity index (χ0n) is 12.0. The van der Waals surface area contributed by atoms with Crippen LogP contribution >= 0.6 is 0 Å². The molecule has 1 rings (SSSR count). The summed E-state index contributed by atoms with van der Waals surface area (Å²) in [5.74, 6) is 0.683. The van der Waals surface area contributed by atoms with Gasteiger partial charge in [0, 0.05) is 6.04 Å². The summed E-state index contributed by atoms with van der Waals surface area (Å²) in [4.78, 5) is 0. The molecule has 1 aliphatic heterocycles. The van der Waals surface area contributed by atoms with E-state index in [0.29, 0.717) is 22.8 Å².